The molecule has 4 rings (SSSR count). The van der Waals surface area contributed by atoms with Crippen LogP contribution in [0.15, 0.2) is 42.6 Å². The second-order valence-electron chi connectivity index (χ2n) is 6.38. The van der Waals surface area contributed by atoms with E-state index < -0.39 is 4.92 Å². The molecule has 0 spiro atoms. The average molecular weight is 335 g/mol. The molecule has 1 aliphatic heterocycles. The second-order valence-corrected chi connectivity index (χ2v) is 6.38. The first-order chi connectivity index (χ1) is 12.0. The van der Waals surface area contributed by atoms with Gasteiger partial charge in [-0.3, -0.25) is 14.9 Å². The van der Waals surface area contributed by atoms with Gasteiger partial charge < -0.3 is 9.88 Å². The predicted octanol–water partition coefficient (Wildman–Crippen LogP) is 3.58. The standard InChI is InChI=1S/C19H17N3O3/c1-12-3-2-4-13-7-8-21(11-17(12)13)19(23)16-10-20-18-9-14(22(24)25)5-6-15(16)18/h2-6,9-10,20H,7-8,11H2,1H3. The monoisotopic (exact) mass is 335 g/mol. The number of H-pyrrole nitrogens is 1. The number of amides is 1. The number of carbonyl (C=O) groups excluding carboxylic acids is 1. The summed E-state index contributed by atoms with van der Waals surface area (Å²) in [5, 5.41) is 11.6. The Balaban J connectivity index is 1.67. The first kappa shape index (κ1) is 15.4. The summed E-state index contributed by atoms with van der Waals surface area (Å²) >= 11 is 0. The molecule has 126 valence electrons. The van der Waals surface area contributed by atoms with E-state index in [1.54, 1.807) is 12.3 Å². The van der Waals surface area contributed by atoms with Gasteiger partial charge in [0.1, 0.15) is 0 Å². The molecule has 0 saturated heterocycles. The van der Waals surface area contributed by atoms with Gasteiger partial charge in [0.05, 0.1) is 16.0 Å². The predicted molar refractivity (Wildman–Crippen MR) is 94.6 cm³/mol. The van der Waals surface area contributed by atoms with Crippen molar-refractivity contribution in [2.45, 2.75) is 19.9 Å². The minimum atomic E-state index is -0.438. The zero-order chi connectivity index (χ0) is 17.6. The molecule has 1 aliphatic rings. The van der Waals surface area contributed by atoms with E-state index in [4.69, 9.17) is 0 Å². The molecule has 1 amide bonds. The Bertz CT molecular complexity index is 1010. The Morgan fingerprint density at radius 2 is 2.12 bits per heavy atom. The van der Waals surface area contributed by atoms with E-state index in [-0.39, 0.29) is 11.6 Å². The molecule has 0 bridgehead atoms. The fraction of sp³-hybridized carbons (Fsp3) is 0.211. The quantitative estimate of drug-likeness (QED) is 0.574. The van der Waals surface area contributed by atoms with Gasteiger partial charge in [0.2, 0.25) is 0 Å². The molecule has 0 unspecified atom stereocenters. The molecule has 6 heteroatoms. The Morgan fingerprint density at radius 1 is 1.28 bits per heavy atom. The SMILES string of the molecule is Cc1cccc2c1CN(C(=O)c1c[nH]c3cc([N+](=O)[O-])ccc13)CC2. The van der Waals surface area contributed by atoms with E-state index in [2.05, 4.69) is 30.1 Å². The Morgan fingerprint density at radius 3 is 2.92 bits per heavy atom. The number of aromatic amines is 1. The van der Waals surface area contributed by atoms with E-state index >= 15 is 0 Å². The van der Waals surface area contributed by atoms with Crippen LogP contribution in [0.2, 0.25) is 0 Å². The number of aryl methyl sites for hydroxylation is 1. The number of rotatable bonds is 2. The molecule has 0 atom stereocenters. The summed E-state index contributed by atoms with van der Waals surface area (Å²) in [4.78, 5) is 28.3. The van der Waals surface area contributed by atoms with Crippen LogP contribution in [-0.2, 0) is 13.0 Å². The number of nitrogens with zero attached hydrogens (tertiary/aromatic N) is 2. The molecule has 0 aliphatic carbocycles. The fourth-order valence-corrected chi connectivity index (χ4v) is 3.50. The molecule has 1 aromatic heterocycles. The highest BCUT2D eigenvalue weighted by Gasteiger charge is 2.25. The second kappa shape index (κ2) is 5.73. The maximum absolute atomic E-state index is 13.0. The number of fused-ring (bicyclic) bond motifs is 2. The maximum atomic E-state index is 13.0. The van der Waals surface area contributed by atoms with Crippen LogP contribution in [-0.4, -0.2) is 27.3 Å². The smallest absolute Gasteiger partial charge is 0.271 e. The van der Waals surface area contributed by atoms with E-state index in [9.17, 15) is 14.9 Å². The topological polar surface area (TPSA) is 79.2 Å². The number of hydrogen-bond donors (Lipinski definition) is 1. The molecule has 0 radical (unpaired) electrons. The van der Waals surface area contributed by atoms with Gasteiger partial charge in [-0.1, -0.05) is 18.2 Å². The van der Waals surface area contributed by atoms with Crippen molar-refractivity contribution in [3.05, 3.63) is 75.0 Å². The van der Waals surface area contributed by atoms with Crippen molar-refractivity contribution in [3.8, 4) is 0 Å². The fourth-order valence-electron chi connectivity index (χ4n) is 3.50. The van der Waals surface area contributed by atoms with Crippen LogP contribution in [0.1, 0.15) is 27.0 Å². The number of carbonyl (C=O) groups is 1. The minimum absolute atomic E-state index is 0.0101. The maximum Gasteiger partial charge on any atom is 0.271 e. The zero-order valence-electron chi connectivity index (χ0n) is 13.8. The summed E-state index contributed by atoms with van der Waals surface area (Å²) in [6.45, 7) is 3.34. The summed E-state index contributed by atoms with van der Waals surface area (Å²) in [7, 11) is 0. The van der Waals surface area contributed by atoms with Crippen LogP contribution in [0.5, 0.6) is 0 Å². The highest BCUT2D eigenvalue weighted by molar-refractivity contribution is 6.07. The van der Waals surface area contributed by atoms with Crippen LogP contribution < -0.4 is 0 Å². The number of nitro groups is 1. The molecule has 0 saturated carbocycles. The largest absolute Gasteiger partial charge is 0.360 e. The summed E-state index contributed by atoms with van der Waals surface area (Å²) in [6.07, 6.45) is 2.49. The molecule has 2 aromatic carbocycles. The number of benzene rings is 2. The van der Waals surface area contributed by atoms with Crippen molar-refractivity contribution in [3.63, 3.8) is 0 Å². The molecule has 1 N–H and O–H groups in total. The molecular formula is C19H17N3O3. The van der Waals surface area contributed by atoms with Crippen LogP contribution >= 0.6 is 0 Å². The van der Waals surface area contributed by atoms with Gasteiger partial charge in [0.25, 0.3) is 11.6 Å². The minimum Gasteiger partial charge on any atom is -0.360 e. The Labute approximate surface area is 144 Å². The highest BCUT2D eigenvalue weighted by atomic mass is 16.6. The summed E-state index contributed by atoms with van der Waals surface area (Å²) in [5.41, 5.74) is 4.89. The molecule has 25 heavy (non-hydrogen) atoms. The van der Waals surface area contributed by atoms with Gasteiger partial charge in [-0.2, -0.15) is 0 Å². The van der Waals surface area contributed by atoms with Crippen molar-refractivity contribution in [2.24, 2.45) is 0 Å². The van der Waals surface area contributed by atoms with Gasteiger partial charge in [-0.05, 0) is 36.1 Å². The van der Waals surface area contributed by atoms with Gasteiger partial charge in [0.15, 0.2) is 0 Å². The van der Waals surface area contributed by atoms with E-state index in [1.165, 1.54) is 28.8 Å². The third-order valence-electron chi connectivity index (χ3n) is 4.90. The lowest BCUT2D eigenvalue weighted by Crippen LogP contribution is -2.36. The summed E-state index contributed by atoms with van der Waals surface area (Å²) < 4.78 is 0. The van der Waals surface area contributed by atoms with Crippen molar-refractivity contribution in [2.75, 3.05) is 6.54 Å². The summed E-state index contributed by atoms with van der Waals surface area (Å²) in [6, 6.07) is 10.8. The lowest BCUT2D eigenvalue weighted by Gasteiger charge is -2.30. The van der Waals surface area contributed by atoms with E-state index in [1.807, 2.05) is 4.90 Å². The third-order valence-corrected chi connectivity index (χ3v) is 4.90. The molecular weight excluding hydrogens is 318 g/mol. The zero-order valence-corrected chi connectivity index (χ0v) is 13.8. The van der Waals surface area contributed by atoms with Crippen molar-refractivity contribution < 1.29 is 9.72 Å². The summed E-state index contributed by atoms with van der Waals surface area (Å²) in [5.74, 6) is -0.0472. The normalized spacial score (nSPS) is 13.7. The van der Waals surface area contributed by atoms with Crippen LogP contribution in [0.3, 0.4) is 0 Å². The van der Waals surface area contributed by atoms with Gasteiger partial charge in [0, 0.05) is 36.8 Å². The lowest BCUT2D eigenvalue weighted by atomic mass is 9.95. The van der Waals surface area contributed by atoms with Crippen LogP contribution in [0.25, 0.3) is 10.9 Å². The molecule has 2 heterocycles. The molecule has 0 fully saturated rings. The first-order valence-corrected chi connectivity index (χ1v) is 8.17. The number of nitro benzene ring substituents is 1. The van der Waals surface area contributed by atoms with E-state index in [0.29, 0.717) is 29.6 Å². The third kappa shape index (κ3) is 2.55. The van der Waals surface area contributed by atoms with E-state index in [0.717, 1.165) is 6.42 Å². The highest BCUT2D eigenvalue weighted by Crippen LogP contribution is 2.27. The lowest BCUT2D eigenvalue weighted by molar-refractivity contribution is -0.384. The van der Waals surface area contributed by atoms with Crippen molar-refractivity contribution in [1.29, 1.82) is 0 Å². The van der Waals surface area contributed by atoms with Gasteiger partial charge in [-0.25, -0.2) is 0 Å². The van der Waals surface area contributed by atoms with Crippen LogP contribution in [0.4, 0.5) is 5.69 Å². The van der Waals surface area contributed by atoms with Crippen molar-refractivity contribution >= 4 is 22.5 Å². The first-order valence-electron chi connectivity index (χ1n) is 8.17. The van der Waals surface area contributed by atoms with Crippen molar-refractivity contribution in [1.82, 2.24) is 9.88 Å². The van der Waals surface area contributed by atoms with Gasteiger partial charge in [-0.15, -0.1) is 0 Å². The molecule has 6 nitrogen and oxygen atoms in total. The average Bonchev–Trinajstić information content (AvgIpc) is 3.04. The number of hydrogen-bond acceptors (Lipinski definition) is 3. The number of nitrogens with one attached hydrogen (secondary N) is 1. The Hall–Kier alpha value is -3.15. The molecule has 3 aromatic rings. The number of aromatic nitrogens is 1. The Kier molecular flexibility index (Phi) is 3.53. The number of non-ortho nitro benzene ring substituents is 1. The van der Waals surface area contributed by atoms with Crippen LogP contribution in [0, 0.1) is 17.0 Å². The van der Waals surface area contributed by atoms with Gasteiger partial charge >= 0.3 is 0 Å².